The molecule has 0 unspecified atom stereocenters. The standard InChI is InChI=1S/C23H25N3O3/c1-4-25(13-19-10-11-20-21(12-19)29-15-28-20)23(27)22-16(2)24-26(17(22)3)14-18-8-6-5-7-9-18/h5-12H,4,13-15H2,1-3H3. The smallest absolute Gasteiger partial charge is 0.257 e. The van der Waals surface area contributed by atoms with E-state index in [2.05, 4.69) is 17.2 Å². The summed E-state index contributed by atoms with van der Waals surface area (Å²) in [6.07, 6.45) is 0. The maximum absolute atomic E-state index is 13.3. The fourth-order valence-electron chi connectivity index (χ4n) is 3.66. The molecule has 0 radical (unpaired) electrons. The molecule has 0 saturated heterocycles. The lowest BCUT2D eigenvalue weighted by Crippen LogP contribution is -2.31. The minimum atomic E-state index is -0.000483. The summed E-state index contributed by atoms with van der Waals surface area (Å²) in [6.45, 7) is 7.86. The van der Waals surface area contributed by atoms with Gasteiger partial charge in [-0.25, -0.2) is 0 Å². The highest BCUT2D eigenvalue weighted by Crippen LogP contribution is 2.33. The van der Waals surface area contributed by atoms with Gasteiger partial charge in [0, 0.05) is 18.8 Å². The normalized spacial score (nSPS) is 12.2. The number of fused-ring (bicyclic) bond motifs is 1. The molecular formula is C23H25N3O3. The molecule has 2 aromatic carbocycles. The molecule has 4 rings (SSSR count). The highest BCUT2D eigenvalue weighted by molar-refractivity contribution is 5.96. The molecule has 2 heterocycles. The molecule has 0 aliphatic carbocycles. The molecule has 6 nitrogen and oxygen atoms in total. The van der Waals surface area contributed by atoms with Gasteiger partial charge in [-0.3, -0.25) is 9.48 Å². The van der Waals surface area contributed by atoms with E-state index in [9.17, 15) is 4.79 Å². The van der Waals surface area contributed by atoms with Gasteiger partial charge in [0.1, 0.15) is 0 Å². The van der Waals surface area contributed by atoms with E-state index in [1.165, 1.54) is 0 Å². The van der Waals surface area contributed by atoms with Crippen molar-refractivity contribution in [2.24, 2.45) is 0 Å². The number of hydrogen-bond donors (Lipinski definition) is 0. The highest BCUT2D eigenvalue weighted by Gasteiger charge is 2.24. The fourth-order valence-corrected chi connectivity index (χ4v) is 3.66. The highest BCUT2D eigenvalue weighted by atomic mass is 16.7. The molecule has 0 spiro atoms. The summed E-state index contributed by atoms with van der Waals surface area (Å²) < 4.78 is 12.7. The first-order valence-corrected chi connectivity index (χ1v) is 9.82. The van der Waals surface area contributed by atoms with Gasteiger partial charge in [-0.15, -0.1) is 0 Å². The van der Waals surface area contributed by atoms with Crippen LogP contribution in [0.25, 0.3) is 0 Å². The van der Waals surface area contributed by atoms with Crippen molar-refractivity contribution in [3.05, 3.63) is 76.6 Å². The van der Waals surface area contributed by atoms with Gasteiger partial charge in [0.15, 0.2) is 11.5 Å². The zero-order valence-electron chi connectivity index (χ0n) is 17.0. The zero-order chi connectivity index (χ0) is 20.4. The first kappa shape index (κ1) is 19.1. The SMILES string of the molecule is CCN(Cc1ccc2c(c1)OCO2)C(=O)c1c(C)nn(Cc2ccccc2)c1C. The number of aryl methyl sites for hydroxylation is 1. The maximum atomic E-state index is 13.3. The molecule has 1 aliphatic heterocycles. The number of benzene rings is 2. The Bertz CT molecular complexity index is 1030. The van der Waals surface area contributed by atoms with Crippen molar-refractivity contribution in [3.8, 4) is 11.5 Å². The molecule has 0 N–H and O–H groups in total. The van der Waals surface area contributed by atoms with Crippen LogP contribution in [-0.4, -0.2) is 33.9 Å². The summed E-state index contributed by atoms with van der Waals surface area (Å²) in [5, 5.41) is 4.63. The van der Waals surface area contributed by atoms with Gasteiger partial charge in [0.05, 0.1) is 17.8 Å². The minimum Gasteiger partial charge on any atom is -0.454 e. The molecule has 29 heavy (non-hydrogen) atoms. The Labute approximate surface area is 170 Å². The van der Waals surface area contributed by atoms with Gasteiger partial charge in [0.25, 0.3) is 5.91 Å². The molecular weight excluding hydrogens is 366 g/mol. The zero-order valence-corrected chi connectivity index (χ0v) is 17.0. The van der Waals surface area contributed by atoms with Crippen molar-refractivity contribution >= 4 is 5.91 Å². The third-order valence-electron chi connectivity index (χ3n) is 5.25. The minimum absolute atomic E-state index is 0.000483. The molecule has 0 saturated carbocycles. The second-order valence-electron chi connectivity index (χ2n) is 7.20. The van der Waals surface area contributed by atoms with E-state index in [4.69, 9.17) is 9.47 Å². The number of carbonyl (C=O) groups is 1. The monoisotopic (exact) mass is 391 g/mol. The number of ether oxygens (including phenoxy) is 2. The third kappa shape index (κ3) is 3.83. The summed E-state index contributed by atoms with van der Waals surface area (Å²) in [6, 6.07) is 16.0. The second kappa shape index (κ2) is 7.99. The van der Waals surface area contributed by atoms with Crippen molar-refractivity contribution in [3.63, 3.8) is 0 Å². The average Bonchev–Trinajstić information content (AvgIpc) is 3.30. The lowest BCUT2D eigenvalue weighted by atomic mass is 10.1. The van der Waals surface area contributed by atoms with E-state index in [1.807, 2.05) is 66.8 Å². The van der Waals surface area contributed by atoms with E-state index >= 15 is 0 Å². The summed E-state index contributed by atoms with van der Waals surface area (Å²) in [4.78, 5) is 15.2. The Morgan fingerprint density at radius 2 is 1.83 bits per heavy atom. The van der Waals surface area contributed by atoms with E-state index < -0.39 is 0 Å². The van der Waals surface area contributed by atoms with Crippen LogP contribution in [0.1, 0.15) is 39.8 Å². The number of nitrogens with zero attached hydrogens (tertiary/aromatic N) is 3. The molecule has 3 aromatic rings. The topological polar surface area (TPSA) is 56.6 Å². The van der Waals surface area contributed by atoms with Crippen molar-refractivity contribution in [1.82, 2.24) is 14.7 Å². The predicted molar refractivity (Wildman–Crippen MR) is 110 cm³/mol. The van der Waals surface area contributed by atoms with Crippen LogP contribution in [0.3, 0.4) is 0 Å². The summed E-state index contributed by atoms with van der Waals surface area (Å²) in [7, 11) is 0. The maximum Gasteiger partial charge on any atom is 0.257 e. The Morgan fingerprint density at radius 1 is 1.07 bits per heavy atom. The van der Waals surface area contributed by atoms with Gasteiger partial charge < -0.3 is 14.4 Å². The number of rotatable bonds is 6. The first-order valence-electron chi connectivity index (χ1n) is 9.82. The third-order valence-corrected chi connectivity index (χ3v) is 5.25. The van der Waals surface area contributed by atoms with Crippen LogP contribution >= 0.6 is 0 Å². The average molecular weight is 391 g/mol. The molecule has 0 bridgehead atoms. The van der Waals surface area contributed by atoms with E-state index in [-0.39, 0.29) is 12.7 Å². The van der Waals surface area contributed by atoms with Gasteiger partial charge >= 0.3 is 0 Å². The van der Waals surface area contributed by atoms with Crippen molar-refractivity contribution in [1.29, 1.82) is 0 Å². The van der Waals surface area contributed by atoms with Crippen LogP contribution in [0.15, 0.2) is 48.5 Å². The van der Waals surface area contributed by atoms with Crippen LogP contribution in [0.5, 0.6) is 11.5 Å². The molecule has 1 amide bonds. The van der Waals surface area contributed by atoms with Crippen LogP contribution in [0.2, 0.25) is 0 Å². The molecule has 0 atom stereocenters. The lowest BCUT2D eigenvalue weighted by Gasteiger charge is -2.21. The fraction of sp³-hybridized carbons (Fsp3) is 0.304. The van der Waals surface area contributed by atoms with Crippen molar-refractivity contribution in [2.75, 3.05) is 13.3 Å². The Hall–Kier alpha value is -3.28. The van der Waals surface area contributed by atoms with Gasteiger partial charge in [-0.05, 0) is 44.0 Å². The lowest BCUT2D eigenvalue weighted by molar-refractivity contribution is 0.0751. The van der Waals surface area contributed by atoms with Crippen LogP contribution in [0, 0.1) is 13.8 Å². The van der Waals surface area contributed by atoms with Crippen LogP contribution in [-0.2, 0) is 13.1 Å². The molecule has 1 aromatic heterocycles. The number of hydrogen-bond acceptors (Lipinski definition) is 4. The largest absolute Gasteiger partial charge is 0.454 e. The molecule has 150 valence electrons. The number of carbonyl (C=O) groups excluding carboxylic acids is 1. The Morgan fingerprint density at radius 3 is 2.59 bits per heavy atom. The summed E-state index contributed by atoms with van der Waals surface area (Å²) in [5.41, 5.74) is 4.50. The number of aromatic nitrogens is 2. The Kier molecular flexibility index (Phi) is 5.25. The van der Waals surface area contributed by atoms with Gasteiger partial charge in [-0.1, -0.05) is 36.4 Å². The Balaban J connectivity index is 1.56. The molecule has 6 heteroatoms. The summed E-state index contributed by atoms with van der Waals surface area (Å²) in [5.74, 6) is 1.48. The van der Waals surface area contributed by atoms with Crippen molar-refractivity contribution in [2.45, 2.75) is 33.9 Å². The quantitative estimate of drug-likeness (QED) is 0.639. The van der Waals surface area contributed by atoms with Crippen molar-refractivity contribution < 1.29 is 14.3 Å². The number of amides is 1. The van der Waals surface area contributed by atoms with E-state index in [1.54, 1.807) is 0 Å². The van der Waals surface area contributed by atoms with Gasteiger partial charge in [-0.2, -0.15) is 5.10 Å². The first-order chi connectivity index (χ1) is 14.1. The van der Waals surface area contributed by atoms with Gasteiger partial charge in [0.2, 0.25) is 6.79 Å². The molecule has 1 aliphatic rings. The second-order valence-corrected chi connectivity index (χ2v) is 7.20. The van der Waals surface area contributed by atoms with Crippen LogP contribution < -0.4 is 9.47 Å². The predicted octanol–water partition coefficient (Wildman–Crippen LogP) is 3.94. The van der Waals surface area contributed by atoms with Crippen LogP contribution in [0.4, 0.5) is 0 Å². The van der Waals surface area contributed by atoms with E-state index in [0.29, 0.717) is 25.2 Å². The summed E-state index contributed by atoms with van der Waals surface area (Å²) >= 11 is 0. The molecule has 0 fully saturated rings. The van der Waals surface area contributed by atoms with E-state index in [0.717, 1.165) is 34.0 Å².